The molecule has 3 N–H and O–H groups in total. The van der Waals surface area contributed by atoms with Gasteiger partial charge in [0.25, 0.3) is 5.56 Å². The fraction of sp³-hybridized carbons (Fsp3) is 0.421. The number of amides is 2. The van der Waals surface area contributed by atoms with Crippen molar-refractivity contribution in [1.82, 2.24) is 20.2 Å². The van der Waals surface area contributed by atoms with Gasteiger partial charge in [0.1, 0.15) is 0 Å². The van der Waals surface area contributed by atoms with Crippen LogP contribution in [0.4, 0.5) is 4.79 Å². The number of aromatic amines is 2. The van der Waals surface area contributed by atoms with E-state index in [9.17, 15) is 14.4 Å². The molecule has 1 aliphatic heterocycles. The van der Waals surface area contributed by atoms with Crippen LogP contribution in [0.1, 0.15) is 49.6 Å². The third-order valence-corrected chi connectivity index (χ3v) is 4.97. The molecule has 1 aliphatic rings. The van der Waals surface area contributed by atoms with Gasteiger partial charge in [-0.1, -0.05) is 37.6 Å². The predicted octanol–water partition coefficient (Wildman–Crippen LogP) is 2.92. The minimum atomic E-state index is -0.558. The quantitative estimate of drug-likeness (QED) is 0.732. The van der Waals surface area contributed by atoms with E-state index in [0.29, 0.717) is 22.2 Å². The van der Waals surface area contributed by atoms with Crippen molar-refractivity contribution in [3.63, 3.8) is 0 Å². The summed E-state index contributed by atoms with van der Waals surface area (Å²) < 4.78 is 0. The Kier molecular flexibility index (Phi) is 5.70. The first-order chi connectivity index (χ1) is 12.8. The Bertz CT molecular complexity index is 933. The van der Waals surface area contributed by atoms with Crippen LogP contribution in [0.15, 0.2) is 33.9 Å². The van der Waals surface area contributed by atoms with Crippen LogP contribution in [-0.4, -0.2) is 20.9 Å². The van der Waals surface area contributed by atoms with Crippen LogP contribution in [-0.2, 0) is 13.1 Å². The van der Waals surface area contributed by atoms with Gasteiger partial charge in [0, 0.05) is 10.7 Å². The van der Waals surface area contributed by atoms with Gasteiger partial charge in [0.2, 0.25) is 0 Å². The van der Waals surface area contributed by atoms with Crippen LogP contribution in [0.2, 0.25) is 5.02 Å². The summed E-state index contributed by atoms with van der Waals surface area (Å²) in [7, 11) is 0. The molecule has 1 aromatic carbocycles. The predicted molar refractivity (Wildman–Crippen MR) is 104 cm³/mol. The number of benzene rings is 1. The SMILES string of the molecule is CC(C)CCC(NC(=O)N1Cc2[nH]c(=O)[nH]c(=O)c2C1)c1ccc(Cl)cc1. The number of nitrogens with zero attached hydrogens (tertiary/aromatic N) is 1. The van der Waals surface area contributed by atoms with E-state index in [2.05, 4.69) is 29.1 Å². The summed E-state index contributed by atoms with van der Waals surface area (Å²) in [4.78, 5) is 42.4. The molecule has 2 aromatic rings. The van der Waals surface area contributed by atoms with Gasteiger partial charge in [-0.15, -0.1) is 0 Å². The van der Waals surface area contributed by atoms with Crippen molar-refractivity contribution >= 4 is 17.6 Å². The Morgan fingerprint density at radius 3 is 2.52 bits per heavy atom. The Morgan fingerprint density at radius 2 is 1.85 bits per heavy atom. The highest BCUT2D eigenvalue weighted by Gasteiger charge is 2.28. The molecule has 7 nitrogen and oxygen atoms in total. The summed E-state index contributed by atoms with van der Waals surface area (Å²) in [5.41, 5.74) is 0.894. The molecule has 144 valence electrons. The molecule has 1 atom stereocenters. The molecule has 3 rings (SSSR count). The highest BCUT2D eigenvalue weighted by molar-refractivity contribution is 6.30. The fourth-order valence-electron chi connectivity index (χ4n) is 3.20. The molecular formula is C19H23ClN4O3. The van der Waals surface area contributed by atoms with Gasteiger partial charge in [0.05, 0.1) is 24.7 Å². The Labute approximate surface area is 161 Å². The van der Waals surface area contributed by atoms with Gasteiger partial charge in [0.15, 0.2) is 0 Å². The van der Waals surface area contributed by atoms with Crippen molar-refractivity contribution in [3.8, 4) is 0 Å². The van der Waals surface area contributed by atoms with E-state index < -0.39 is 11.2 Å². The monoisotopic (exact) mass is 390 g/mol. The molecule has 8 heteroatoms. The number of halogens is 1. The summed E-state index contributed by atoms with van der Waals surface area (Å²) in [6, 6.07) is 7.01. The van der Waals surface area contributed by atoms with Crippen molar-refractivity contribution < 1.29 is 4.79 Å². The number of H-pyrrole nitrogens is 2. The average Bonchev–Trinajstić information content (AvgIpc) is 3.03. The van der Waals surface area contributed by atoms with E-state index in [1.165, 1.54) is 4.90 Å². The Balaban J connectivity index is 1.74. The van der Waals surface area contributed by atoms with Gasteiger partial charge in [-0.3, -0.25) is 9.78 Å². The van der Waals surface area contributed by atoms with Crippen LogP contribution in [0.5, 0.6) is 0 Å². The smallest absolute Gasteiger partial charge is 0.325 e. The van der Waals surface area contributed by atoms with Crippen LogP contribution >= 0.6 is 11.6 Å². The van der Waals surface area contributed by atoms with E-state index in [1.807, 2.05) is 12.1 Å². The third kappa shape index (κ3) is 4.60. The van der Waals surface area contributed by atoms with E-state index in [4.69, 9.17) is 11.6 Å². The lowest BCUT2D eigenvalue weighted by Crippen LogP contribution is -2.39. The number of hydrogen-bond acceptors (Lipinski definition) is 3. The lowest BCUT2D eigenvalue weighted by Gasteiger charge is -2.24. The molecule has 0 bridgehead atoms. The number of carbonyl (C=O) groups is 1. The zero-order valence-corrected chi connectivity index (χ0v) is 16.1. The van der Waals surface area contributed by atoms with Crippen LogP contribution in [0, 0.1) is 5.92 Å². The topological polar surface area (TPSA) is 98.1 Å². The molecule has 2 amide bonds. The number of nitrogens with one attached hydrogen (secondary N) is 3. The molecule has 0 aliphatic carbocycles. The lowest BCUT2D eigenvalue weighted by molar-refractivity contribution is 0.192. The number of aromatic nitrogens is 2. The van der Waals surface area contributed by atoms with Crippen molar-refractivity contribution in [1.29, 1.82) is 0 Å². The molecular weight excluding hydrogens is 368 g/mol. The zero-order valence-electron chi connectivity index (χ0n) is 15.3. The zero-order chi connectivity index (χ0) is 19.6. The molecule has 0 radical (unpaired) electrons. The highest BCUT2D eigenvalue weighted by atomic mass is 35.5. The first-order valence-corrected chi connectivity index (χ1v) is 9.36. The first-order valence-electron chi connectivity index (χ1n) is 8.98. The minimum Gasteiger partial charge on any atom is -0.331 e. The van der Waals surface area contributed by atoms with Gasteiger partial charge >= 0.3 is 11.7 Å². The van der Waals surface area contributed by atoms with Gasteiger partial charge in [-0.25, -0.2) is 9.59 Å². The number of hydrogen-bond donors (Lipinski definition) is 3. The maximum absolute atomic E-state index is 12.8. The number of carbonyl (C=O) groups excluding carboxylic acids is 1. The molecule has 0 spiro atoms. The lowest BCUT2D eigenvalue weighted by atomic mass is 9.98. The van der Waals surface area contributed by atoms with E-state index in [1.54, 1.807) is 12.1 Å². The van der Waals surface area contributed by atoms with Crippen LogP contribution < -0.4 is 16.6 Å². The molecule has 27 heavy (non-hydrogen) atoms. The van der Waals surface area contributed by atoms with Crippen molar-refractivity contribution in [3.05, 3.63) is 66.9 Å². The molecule has 2 heterocycles. The Morgan fingerprint density at radius 1 is 1.15 bits per heavy atom. The largest absolute Gasteiger partial charge is 0.331 e. The second-order valence-corrected chi connectivity index (χ2v) is 7.68. The van der Waals surface area contributed by atoms with Gasteiger partial charge in [-0.05, 0) is 36.5 Å². The average molecular weight is 391 g/mol. The summed E-state index contributed by atoms with van der Waals surface area (Å²) in [5, 5.41) is 3.70. The summed E-state index contributed by atoms with van der Waals surface area (Å²) in [6.45, 7) is 4.66. The third-order valence-electron chi connectivity index (χ3n) is 4.72. The second kappa shape index (κ2) is 8.00. The summed E-state index contributed by atoms with van der Waals surface area (Å²) >= 11 is 5.98. The standard InChI is InChI=1S/C19H23ClN4O3/c1-11(2)3-8-15(12-4-6-13(20)7-5-12)22-19(27)24-9-14-16(10-24)21-18(26)23-17(14)25/h4-7,11,15H,3,8-10H2,1-2H3,(H,22,27)(H2,21,23,25,26). The fourth-order valence-corrected chi connectivity index (χ4v) is 3.33. The highest BCUT2D eigenvalue weighted by Crippen LogP contribution is 2.24. The first kappa shape index (κ1) is 19.2. The van der Waals surface area contributed by atoms with Crippen molar-refractivity contribution in [2.75, 3.05) is 0 Å². The number of urea groups is 1. The van der Waals surface area contributed by atoms with Gasteiger partial charge in [-0.2, -0.15) is 0 Å². The van der Waals surface area contributed by atoms with Crippen molar-refractivity contribution in [2.45, 2.75) is 45.8 Å². The minimum absolute atomic E-state index is 0.154. The molecule has 0 saturated heterocycles. The van der Waals surface area contributed by atoms with Gasteiger partial charge < -0.3 is 15.2 Å². The van der Waals surface area contributed by atoms with E-state index in [0.717, 1.165) is 18.4 Å². The number of fused-ring (bicyclic) bond motifs is 1. The summed E-state index contributed by atoms with van der Waals surface area (Å²) in [6.07, 6.45) is 1.75. The summed E-state index contributed by atoms with van der Waals surface area (Å²) in [5.74, 6) is 0.511. The van der Waals surface area contributed by atoms with E-state index >= 15 is 0 Å². The number of rotatable bonds is 5. The molecule has 1 unspecified atom stereocenters. The van der Waals surface area contributed by atoms with Crippen LogP contribution in [0.25, 0.3) is 0 Å². The van der Waals surface area contributed by atoms with E-state index in [-0.39, 0.29) is 25.2 Å². The maximum atomic E-state index is 12.8. The van der Waals surface area contributed by atoms with Crippen LogP contribution in [0.3, 0.4) is 0 Å². The van der Waals surface area contributed by atoms with Crippen molar-refractivity contribution in [2.24, 2.45) is 5.92 Å². The maximum Gasteiger partial charge on any atom is 0.325 e. The second-order valence-electron chi connectivity index (χ2n) is 7.25. The normalized spacial score (nSPS) is 14.3. The Hall–Kier alpha value is -2.54. The molecule has 0 fully saturated rings. The molecule has 1 aromatic heterocycles. The molecule has 0 saturated carbocycles.